The van der Waals surface area contributed by atoms with Crippen LogP contribution >= 0.6 is 34.5 Å². The van der Waals surface area contributed by atoms with E-state index in [4.69, 9.17) is 33.0 Å². The Kier molecular flexibility index (Phi) is 9.48. The highest BCUT2D eigenvalue weighted by atomic mass is 35.5. The number of hydrogen-bond donors (Lipinski definition) is 3. The lowest BCUT2D eigenvalue weighted by Crippen LogP contribution is -2.19. The van der Waals surface area contributed by atoms with Crippen molar-refractivity contribution in [1.29, 1.82) is 0 Å². The topological polar surface area (TPSA) is 113 Å². The molecular formula is C27H19Cl2F3N4O4S. The Labute approximate surface area is 245 Å². The molecule has 0 aliphatic rings. The average molecular weight is 623 g/mol. The quantitative estimate of drug-likeness (QED) is 0.127. The standard InChI is InChI=1S/C27H19Cl2F3N4O4S/c28-21-8-16(9-22(29)24(21)40-13-15-4-6-17(7-5-15)25(38)39)12-33-36-23(37)11-20-14-41-26(35-20)34-19-3-1-2-18(10-19)27(30,31)32/h1-10,12,14H,11,13H2,(H,34,35)(H,36,37)(H,38,39)/b33-12-. The monoisotopic (exact) mass is 622 g/mol. The number of aromatic nitrogens is 1. The molecule has 0 unspecified atom stereocenters. The zero-order valence-corrected chi connectivity index (χ0v) is 23.0. The van der Waals surface area contributed by atoms with Crippen molar-refractivity contribution in [3.05, 3.63) is 104 Å². The van der Waals surface area contributed by atoms with Gasteiger partial charge in [0.05, 0.1) is 39.5 Å². The highest BCUT2D eigenvalue weighted by Crippen LogP contribution is 2.35. The van der Waals surface area contributed by atoms with Crippen molar-refractivity contribution >= 4 is 63.4 Å². The SMILES string of the molecule is O=C(Cc1csc(Nc2cccc(C(F)(F)F)c2)n1)N/N=C\c1cc(Cl)c(OCc2ccc(C(=O)O)cc2)c(Cl)c1. The lowest BCUT2D eigenvalue weighted by Gasteiger charge is -2.11. The van der Waals surface area contributed by atoms with E-state index in [1.807, 2.05) is 0 Å². The first-order valence-electron chi connectivity index (χ1n) is 11.6. The maximum atomic E-state index is 12.9. The fourth-order valence-corrected chi connectivity index (χ4v) is 4.76. The summed E-state index contributed by atoms with van der Waals surface area (Å²) in [6, 6.07) is 14.0. The van der Waals surface area contributed by atoms with Crippen LogP contribution < -0.4 is 15.5 Å². The van der Waals surface area contributed by atoms with Gasteiger partial charge in [-0.25, -0.2) is 15.2 Å². The molecule has 212 valence electrons. The Morgan fingerprint density at radius 1 is 1.07 bits per heavy atom. The Balaban J connectivity index is 1.29. The number of carboxylic acid groups (broad SMARTS) is 1. The Morgan fingerprint density at radius 3 is 2.44 bits per heavy atom. The van der Waals surface area contributed by atoms with Crippen LogP contribution in [0.25, 0.3) is 0 Å². The normalized spacial score (nSPS) is 11.4. The van der Waals surface area contributed by atoms with Crippen LogP contribution in [0.2, 0.25) is 10.0 Å². The molecule has 0 aliphatic heterocycles. The second-order valence-electron chi connectivity index (χ2n) is 8.42. The summed E-state index contributed by atoms with van der Waals surface area (Å²) in [5, 5.41) is 18.0. The number of amides is 1. The summed E-state index contributed by atoms with van der Waals surface area (Å²) in [6.07, 6.45) is -3.23. The molecule has 4 rings (SSSR count). The molecule has 0 spiro atoms. The van der Waals surface area contributed by atoms with E-state index >= 15 is 0 Å². The second kappa shape index (κ2) is 13.0. The Morgan fingerprint density at radius 2 is 1.78 bits per heavy atom. The van der Waals surface area contributed by atoms with Gasteiger partial charge in [-0.05, 0) is 53.6 Å². The van der Waals surface area contributed by atoms with Gasteiger partial charge in [-0.2, -0.15) is 18.3 Å². The summed E-state index contributed by atoms with van der Waals surface area (Å²) >= 11 is 13.7. The molecule has 4 aromatic rings. The van der Waals surface area contributed by atoms with Crippen LogP contribution in [0.4, 0.5) is 24.0 Å². The van der Waals surface area contributed by atoms with Gasteiger partial charge in [0.2, 0.25) is 5.91 Å². The summed E-state index contributed by atoms with van der Waals surface area (Å²) < 4.78 is 44.4. The number of carboxylic acids is 1. The van der Waals surface area contributed by atoms with Crippen LogP contribution in [0.3, 0.4) is 0 Å². The van der Waals surface area contributed by atoms with Gasteiger partial charge in [-0.3, -0.25) is 4.79 Å². The number of hydrazone groups is 1. The van der Waals surface area contributed by atoms with Crippen LogP contribution in [0.1, 0.15) is 32.7 Å². The summed E-state index contributed by atoms with van der Waals surface area (Å²) in [4.78, 5) is 27.5. The summed E-state index contributed by atoms with van der Waals surface area (Å²) in [6.45, 7) is 0.108. The van der Waals surface area contributed by atoms with Crippen LogP contribution in [0.5, 0.6) is 5.75 Å². The largest absolute Gasteiger partial charge is 0.486 e. The van der Waals surface area contributed by atoms with Gasteiger partial charge < -0.3 is 15.2 Å². The van der Waals surface area contributed by atoms with E-state index < -0.39 is 23.6 Å². The molecule has 1 amide bonds. The maximum Gasteiger partial charge on any atom is 0.416 e. The lowest BCUT2D eigenvalue weighted by atomic mass is 10.1. The summed E-state index contributed by atoms with van der Waals surface area (Å²) in [5.74, 6) is -1.27. The van der Waals surface area contributed by atoms with Crippen LogP contribution in [-0.4, -0.2) is 28.2 Å². The minimum absolute atomic E-state index is 0.108. The molecule has 0 radical (unpaired) electrons. The molecule has 41 heavy (non-hydrogen) atoms. The fourth-order valence-electron chi connectivity index (χ4n) is 3.42. The molecule has 14 heteroatoms. The van der Waals surface area contributed by atoms with Gasteiger partial charge in [0.15, 0.2) is 10.9 Å². The highest BCUT2D eigenvalue weighted by Gasteiger charge is 2.30. The van der Waals surface area contributed by atoms with Gasteiger partial charge in [-0.1, -0.05) is 41.4 Å². The van der Waals surface area contributed by atoms with Crippen LogP contribution in [0.15, 0.2) is 71.1 Å². The number of alkyl halides is 3. The van der Waals surface area contributed by atoms with Gasteiger partial charge in [0, 0.05) is 11.1 Å². The van der Waals surface area contributed by atoms with E-state index in [1.54, 1.807) is 17.5 Å². The first-order chi connectivity index (χ1) is 19.5. The molecule has 0 bridgehead atoms. The molecule has 0 atom stereocenters. The van der Waals surface area contributed by atoms with Gasteiger partial charge >= 0.3 is 12.1 Å². The Hall–Kier alpha value is -4.13. The van der Waals surface area contributed by atoms with E-state index in [0.29, 0.717) is 22.0 Å². The number of rotatable bonds is 10. The molecule has 0 saturated heterocycles. The predicted molar refractivity (Wildman–Crippen MR) is 150 cm³/mol. The summed E-state index contributed by atoms with van der Waals surface area (Å²) in [5.41, 5.74) is 3.56. The first-order valence-corrected chi connectivity index (χ1v) is 13.3. The number of nitrogens with zero attached hydrogens (tertiary/aromatic N) is 2. The van der Waals surface area contributed by atoms with E-state index in [1.165, 1.54) is 42.6 Å². The van der Waals surface area contributed by atoms with Crippen molar-refractivity contribution in [2.75, 3.05) is 5.32 Å². The maximum absolute atomic E-state index is 12.9. The van der Waals surface area contributed by atoms with Crippen molar-refractivity contribution in [3.63, 3.8) is 0 Å². The van der Waals surface area contributed by atoms with Gasteiger partial charge in [0.1, 0.15) is 6.61 Å². The number of thiazole rings is 1. The highest BCUT2D eigenvalue weighted by molar-refractivity contribution is 7.13. The zero-order chi connectivity index (χ0) is 29.6. The first kappa shape index (κ1) is 29.8. The minimum Gasteiger partial charge on any atom is -0.486 e. The van der Waals surface area contributed by atoms with Crippen LogP contribution in [0, 0.1) is 0 Å². The van der Waals surface area contributed by atoms with E-state index in [2.05, 4.69) is 20.8 Å². The van der Waals surface area contributed by atoms with Crippen molar-refractivity contribution in [2.24, 2.45) is 5.10 Å². The van der Waals surface area contributed by atoms with E-state index in [0.717, 1.165) is 23.5 Å². The van der Waals surface area contributed by atoms with Gasteiger partial charge in [0.25, 0.3) is 0 Å². The smallest absolute Gasteiger partial charge is 0.416 e. The Bertz CT molecular complexity index is 1570. The minimum atomic E-state index is -4.46. The molecular weight excluding hydrogens is 604 g/mol. The fraction of sp³-hybridized carbons (Fsp3) is 0.111. The van der Waals surface area contributed by atoms with E-state index in [-0.39, 0.29) is 40.1 Å². The second-order valence-corrected chi connectivity index (χ2v) is 10.1. The summed E-state index contributed by atoms with van der Waals surface area (Å²) in [7, 11) is 0. The molecule has 0 fully saturated rings. The van der Waals surface area contributed by atoms with Crippen molar-refractivity contribution in [1.82, 2.24) is 10.4 Å². The predicted octanol–water partition coefficient (Wildman–Crippen LogP) is 7.18. The van der Waals surface area contributed by atoms with Crippen molar-refractivity contribution in [2.45, 2.75) is 19.2 Å². The third-order valence-corrected chi connectivity index (χ3v) is 6.71. The van der Waals surface area contributed by atoms with E-state index in [9.17, 15) is 22.8 Å². The number of anilines is 2. The molecule has 1 heterocycles. The van der Waals surface area contributed by atoms with Gasteiger partial charge in [-0.15, -0.1) is 11.3 Å². The molecule has 3 aromatic carbocycles. The number of nitrogens with one attached hydrogen (secondary N) is 2. The van der Waals surface area contributed by atoms with Crippen molar-refractivity contribution < 1.29 is 32.6 Å². The third-order valence-electron chi connectivity index (χ3n) is 5.34. The average Bonchev–Trinajstić information content (AvgIpc) is 3.34. The molecule has 8 nitrogen and oxygen atoms in total. The number of carbonyl (C=O) groups is 2. The molecule has 0 saturated carbocycles. The number of benzene rings is 3. The van der Waals surface area contributed by atoms with Crippen molar-refractivity contribution in [3.8, 4) is 5.75 Å². The molecule has 1 aromatic heterocycles. The third kappa shape index (κ3) is 8.43. The number of carbonyl (C=O) groups excluding carboxylic acids is 1. The number of halogens is 5. The number of aromatic carboxylic acids is 1. The number of hydrogen-bond acceptors (Lipinski definition) is 7. The lowest BCUT2D eigenvalue weighted by molar-refractivity contribution is -0.137. The molecule has 0 aliphatic carbocycles. The molecule has 3 N–H and O–H groups in total. The zero-order valence-electron chi connectivity index (χ0n) is 20.7. The van der Waals surface area contributed by atoms with Crippen LogP contribution in [-0.2, 0) is 24.0 Å². The number of ether oxygens (including phenoxy) is 1.